The fourth-order valence-electron chi connectivity index (χ4n) is 3.38. The number of methoxy groups -OCH3 is 1. The number of ether oxygens (including phenoxy) is 2. The number of nitrogens with zero attached hydrogens (tertiary/aromatic N) is 2. The van der Waals surface area contributed by atoms with Crippen molar-refractivity contribution in [3.8, 4) is 11.5 Å². The van der Waals surface area contributed by atoms with Crippen molar-refractivity contribution in [3.05, 3.63) is 93.5 Å². The fourth-order valence-corrected chi connectivity index (χ4v) is 3.51. The molecular weight excluding hydrogens is 408 g/mol. The van der Waals surface area contributed by atoms with Crippen LogP contribution < -0.4 is 14.4 Å². The van der Waals surface area contributed by atoms with Crippen LogP contribution in [0.2, 0.25) is 5.02 Å². The number of nitro benzene ring substituents is 1. The molecule has 0 aromatic heterocycles. The van der Waals surface area contributed by atoms with Crippen LogP contribution in [-0.2, 0) is 4.79 Å². The van der Waals surface area contributed by atoms with Crippen LogP contribution in [-0.4, -0.2) is 24.0 Å². The molecule has 0 radical (unpaired) electrons. The molecule has 3 aromatic rings. The second-order valence-electron chi connectivity index (χ2n) is 6.69. The average molecular weight is 425 g/mol. The second-order valence-corrected chi connectivity index (χ2v) is 7.13. The molecule has 1 aliphatic rings. The van der Waals surface area contributed by atoms with Gasteiger partial charge in [0.25, 0.3) is 11.6 Å². The maximum absolute atomic E-state index is 13.0. The smallest absolute Gasteiger partial charge is 0.271 e. The summed E-state index contributed by atoms with van der Waals surface area (Å²) in [6, 6.07) is 19.5. The highest BCUT2D eigenvalue weighted by Crippen LogP contribution is 2.42. The summed E-state index contributed by atoms with van der Waals surface area (Å²) in [5.41, 5.74) is 1.39. The van der Waals surface area contributed by atoms with Crippen molar-refractivity contribution in [2.75, 3.05) is 12.0 Å². The minimum atomic E-state index is -0.769. The lowest BCUT2D eigenvalue weighted by molar-refractivity contribution is -0.384. The predicted molar refractivity (Wildman–Crippen MR) is 112 cm³/mol. The first-order chi connectivity index (χ1) is 14.5. The molecule has 3 aromatic carbocycles. The largest absolute Gasteiger partial charge is 0.497 e. The summed E-state index contributed by atoms with van der Waals surface area (Å²) in [6.07, 6.45) is -0.769. The van der Waals surface area contributed by atoms with Crippen molar-refractivity contribution < 1.29 is 19.2 Å². The summed E-state index contributed by atoms with van der Waals surface area (Å²) < 4.78 is 11.1. The van der Waals surface area contributed by atoms with Crippen molar-refractivity contribution in [2.24, 2.45) is 0 Å². The lowest BCUT2D eigenvalue weighted by Gasteiger charge is -2.46. The van der Waals surface area contributed by atoms with E-state index in [0.29, 0.717) is 22.2 Å². The Balaban J connectivity index is 1.67. The number of carbonyl (C=O) groups excluding carboxylic acids is 1. The molecule has 2 atom stereocenters. The maximum Gasteiger partial charge on any atom is 0.271 e. The van der Waals surface area contributed by atoms with E-state index in [1.165, 1.54) is 12.1 Å². The van der Waals surface area contributed by atoms with Gasteiger partial charge in [-0.25, -0.2) is 0 Å². The summed E-state index contributed by atoms with van der Waals surface area (Å²) in [6.45, 7) is 0. The Morgan fingerprint density at radius 3 is 2.10 bits per heavy atom. The molecule has 0 N–H and O–H groups in total. The number of benzene rings is 3. The first kappa shape index (κ1) is 19.7. The van der Waals surface area contributed by atoms with Gasteiger partial charge in [-0.3, -0.25) is 19.8 Å². The Morgan fingerprint density at radius 1 is 0.933 bits per heavy atom. The van der Waals surface area contributed by atoms with Crippen LogP contribution in [0.25, 0.3) is 0 Å². The van der Waals surface area contributed by atoms with Gasteiger partial charge in [0.1, 0.15) is 17.5 Å². The molecule has 8 heteroatoms. The monoisotopic (exact) mass is 424 g/mol. The van der Waals surface area contributed by atoms with Crippen LogP contribution in [0, 0.1) is 10.1 Å². The molecule has 0 spiro atoms. The van der Waals surface area contributed by atoms with E-state index in [9.17, 15) is 14.9 Å². The third-order valence-electron chi connectivity index (χ3n) is 4.92. The normalized spacial score (nSPS) is 17.9. The quantitative estimate of drug-likeness (QED) is 0.322. The number of carbonyl (C=O) groups is 1. The summed E-state index contributed by atoms with van der Waals surface area (Å²) in [5, 5.41) is 11.6. The summed E-state index contributed by atoms with van der Waals surface area (Å²) >= 11 is 5.92. The number of non-ortho nitro benzene ring substituents is 1. The molecule has 7 nitrogen and oxygen atoms in total. The Hall–Kier alpha value is -3.58. The van der Waals surface area contributed by atoms with Gasteiger partial charge in [0.05, 0.1) is 12.0 Å². The topological polar surface area (TPSA) is 81.9 Å². The first-order valence-corrected chi connectivity index (χ1v) is 9.49. The van der Waals surface area contributed by atoms with Gasteiger partial charge in [0.2, 0.25) is 6.10 Å². The van der Waals surface area contributed by atoms with E-state index < -0.39 is 17.1 Å². The molecule has 0 bridgehead atoms. The number of hydrogen-bond acceptors (Lipinski definition) is 5. The maximum atomic E-state index is 13.0. The van der Waals surface area contributed by atoms with Crippen LogP contribution >= 0.6 is 11.6 Å². The fraction of sp³-hybridized carbons (Fsp3) is 0.136. The second kappa shape index (κ2) is 8.04. The molecule has 0 saturated carbocycles. The molecule has 1 heterocycles. The summed E-state index contributed by atoms with van der Waals surface area (Å²) in [5.74, 6) is 0.977. The number of rotatable bonds is 6. The van der Waals surface area contributed by atoms with E-state index in [2.05, 4.69) is 0 Å². The minimum absolute atomic E-state index is 0.0180. The zero-order valence-corrected chi connectivity index (χ0v) is 16.7. The van der Waals surface area contributed by atoms with E-state index in [1.807, 2.05) is 0 Å². The van der Waals surface area contributed by atoms with Crippen molar-refractivity contribution >= 4 is 28.9 Å². The van der Waals surface area contributed by atoms with Crippen LogP contribution in [0.3, 0.4) is 0 Å². The standard InChI is InChI=1S/C22H17ClN2O5/c1-29-18-12-8-16(9-13-18)24-20(14-2-6-17(7-3-14)25(27)28)21(22(24)26)30-19-10-4-15(23)5-11-19/h2-13,20-21H,1H3. The highest BCUT2D eigenvalue weighted by molar-refractivity contribution is 6.30. The zero-order chi connectivity index (χ0) is 21.3. The molecule has 2 unspecified atom stereocenters. The van der Waals surface area contributed by atoms with Gasteiger partial charge in [0.15, 0.2) is 0 Å². The average Bonchev–Trinajstić information content (AvgIpc) is 2.77. The molecule has 0 aliphatic carbocycles. The molecule has 4 rings (SSSR count). The van der Waals surface area contributed by atoms with Crippen LogP contribution in [0.4, 0.5) is 11.4 Å². The molecular formula is C22H17ClN2O5. The molecule has 1 saturated heterocycles. The van der Waals surface area contributed by atoms with E-state index in [-0.39, 0.29) is 11.6 Å². The zero-order valence-electron chi connectivity index (χ0n) is 15.9. The van der Waals surface area contributed by atoms with Crippen molar-refractivity contribution in [1.82, 2.24) is 0 Å². The lowest BCUT2D eigenvalue weighted by atomic mass is 9.89. The van der Waals surface area contributed by atoms with Crippen LogP contribution in [0.5, 0.6) is 11.5 Å². The number of amides is 1. The molecule has 152 valence electrons. The van der Waals surface area contributed by atoms with E-state index >= 15 is 0 Å². The van der Waals surface area contributed by atoms with Crippen molar-refractivity contribution in [2.45, 2.75) is 12.1 Å². The van der Waals surface area contributed by atoms with Crippen molar-refractivity contribution in [3.63, 3.8) is 0 Å². The number of anilines is 1. The minimum Gasteiger partial charge on any atom is -0.497 e. The van der Waals surface area contributed by atoms with Gasteiger partial charge in [-0.2, -0.15) is 0 Å². The lowest BCUT2D eigenvalue weighted by Crippen LogP contribution is -2.61. The highest BCUT2D eigenvalue weighted by atomic mass is 35.5. The third-order valence-corrected chi connectivity index (χ3v) is 5.17. The van der Waals surface area contributed by atoms with Gasteiger partial charge in [-0.05, 0) is 66.2 Å². The Morgan fingerprint density at radius 2 is 1.53 bits per heavy atom. The molecule has 30 heavy (non-hydrogen) atoms. The Kier molecular flexibility index (Phi) is 5.29. The van der Waals surface area contributed by atoms with Gasteiger partial charge in [-0.1, -0.05) is 11.6 Å². The van der Waals surface area contributed by atoms with Gasteiger partial charge >= 0.3 is 0 Å². The Labute approximate surface area is 177 Å². The number of β-lactam (4-membered cyclic amide) rings is 1. The Bertz CT molecular complexity index is 1070. The van der Waals surface area contributed by atoms with Gasteiger partial charge < -0.3 is 9.47 Å². The first-order valence-electron chi connectivity index (χ1n) is 9.11. The van der Waals surface area contributed by atoms with E-state index in [4.69, 9.17) is 21.1 Å². The van der Waals surface area contributed by atoms with E-state index in [1.54, 1.807) is 72.7 Å². The number of nitro groups is 1. The highest BCUT2D eigenvalue weighted by Gasteiger charge is 2.51. The van der Waals surface area contributed by atoms with E-state index in [0.717, 1.165) is 5.56 Å². The molecule has 1 fully saturated rings. The predicted octanol–water partition coefficient (Wildman–Crippen LogP) is 4.79. The summed E-state index contributed by atoms with van der Waals surface area (Å²) in [7, 11) is 1.57. The SMILES string of the molecule is COc1ccc(N2C(=O)C(Oc3ccc(Cl)cc3)C2c2ccc([N+](=O)[O-])cc2)cc1. The third kappa shape index (κ3) is 3.67. The van der Waals surface area contributed by atoms with Crippen molar-refractivity contribution in [1.29, 1.82) is 0 Å². The summed E-state index contributed by atoms with van der Waals surface area (Å²) in [4.78, 5) is 25.1. The molecule has 1 amide bonds. The number of hydrogen-bond donors (Lipinski definition) is 0. The van der Waals surface area contributed by atoms with Crippen LogP contribution in [0.15, 0.2) is 72.8 Å². The molecule has 1 aliphatic heterocycles. The van der Waals surface area contributed by atoms with Gasteiger partial charge in [0, 0.05) is 22.8 Å². The van der Waals surface area contributed by atoms with Crippen LogP contribution in [0.1, 0.15) is 11.6 Å². The van der Waals surface area contributed by atoms with Gasteiger partial charge in [-0.15, -0.1) is 0 Å². The number of halogens is 1.